The quantitative estimate of drug-likeness (QED) is 0.785. The van der Waals surface area contributed by atoms with E-state index in [2.05, 4.69) is 10.2 Å². The van der Waals surface area contributed by atoms with Crippen LogP contribution in [-0.4, -0.2) is 80.8 Å². The molecule has 0 spiro atoms. The average molecular weight is 365 g/mol. The highest BCUT2D eigenvalue weighted by Crippen LogP contribution is 2.14. The fourth-order valence-electron chi connectivity index (χ4n) is 3.44. The summed E-state index contributed by atoms with van der Waals surface area (Å²) in [6, 6.07) is 5.96. The van der Waals surface area contributed by atoms with Crippen LogP contribution in [0.25, 0.3) is 0 Å². The SMILES string of the molecule is O=C(COc1ccc(F)cc1)N(CCN1CCOCC1)C1CCCNC1. The fourth-order valence-corrected chi connectivity index (χ4v) is 3.44. The molecule has 0 bridgehead atoms. The highest BCUT2D eigenvalue weighted by Gasteiger charge is 2.26. The molecule has 144 valence electrons. The molecule has 1 atom stereocenters. The topological polar surface area (TPSA) is 54.0 Å². The van der Waals surface area contributed by atoms with Gasteiger partial charge in [-0.15, -0.1) is 0 Å². The first kappa shape index (κ1) is 19.1. The second-order valence-corrected chi connectivity index (χ2v) is 6.78. The molecule has 6 nitrogen and oxygen atoms in total. The fraction of sp³-hybridized carbons (Fsp3) is 0.632. The predicted molar refractivity (Wildman–Crippen MR) is 96.8 cm³/mol. The summed E-state index contributed by atoms with van der Waals surface area (Å²) in [4.78, 5) is 17.1. The zero-order valence-electron chi connectivity index (χ0n) is 15.2. The van der Waals surface area contributed by atoms with E-state index in [1.165, 1.54) is 12.1 Å². The van der Waals surface area contributed by atoms with Gasteiger partial charge < -0.3 is 19.7 Å². The van der Waals surface area contributed by atoms with Crippen molar-refractivity contribution in [1.29, 1.82) is 0 Å². The van der Waals surface area contributed by atoms with Gasteiger partial charge in [0, 0.05) is 38.8 Å². The predicted octanol–water partition coefficient (Wildman–Crippen LogP) is 1.12. The number of hydrogen-bond donors (Lipinski definition) is 1. The van der Waals surface area contributed by atoms with Crippen molar-refractivity contribution in [3.05, 3.63) is 30.1 Å². The maximum absolute atomic E-state index is 13.0. The number of piperidine rings is 1. The number of carbonyl (C=O) groups is 1. The number of nitrogens with one attached hydrogen (secondary N) is 1. The van der Waals surface area contributed by atoms with Crippen molar-refractivity contribution in [1.82, 2.24) is 15.1 Å². The minimum absolute atomic E-state index is 0.0173. The summed E-state index contributed by atoms with van der Waals surface area (Å²) in [5.41, 5.74) is 0. The molecule has 3 rings (SSSR count). The molecule has 2 saturated heterocycles. The van der Waals surface area contributed by atoms with E-state index in [0.29, 0.717) is 12.3 Å². The minimum Gasteiger partial charge on any atom is -0.484 e. The summed E-state index contributed by atoms with van der Waals surface area (Å²) in [5, 5.41) is 3.38. The lowest BCUT2D eigenvalue weighted by molar-refractivity contribution is -0.136. The van der Waals surface area contributed by atoms with Gasteiger partial charge >= 0.3 is 0 Å². The monoisotopic (exact) mass is 365 g/mol. The molecule has 0 radical (unpaired) electrons. The van der Waals surface area contributed by atoms with E-state index in [0.717, 1.165) is 58.8 Å². The molecule has 1 N–H and O–H groups in total. The summed E-state index contributed by atoms with van der Waals surface area (Å²) < 4.78 is 23.9. The van der Waals surface area contributed by atoms with Gasteiger partial charge in [-0.05, 0) is 43.7 Å². The number of halogens is 1. The van der Waals surface area contributed by atoms with Crippen LogP contribution in [0.4, 0.5) is 4.39 Å². The number of morpholine rings is 1. The Labute approximate surface area is 154 Å². The Morgan fingerprint density at radius 3 is 2.77 bits per heavy atom. The normalized spacial score (nSPS) is 21.3. The number of carbonyl (C=O) groups excluding carboxylic acids is 1. The molecule has 1 aromatic rings. The van der Waals surface area contributed by atoms with Crippen molar-refractivity contribution in [3.8, 4) is 5.75 Å². The van der Waals surface area contributed by atoms with Gasteiger partial charge in [-0.2, -0.15) is 0 Å². The first-order valence-electron chi connectivity index (χ1n) is 9.41. The standard InChI is InChI=1S/C19H28FN3O3/c20-16-3-5-18(6-4-16)26-15-19(24)23(17-2-1-7-21-14-17)9-8-22-10-12-25-13-11-22/h3-6,17,21H,1-2,7-15H2. The number of amides is 1. The van der Waals surface area contributed by atoms with Crippen LogP contribution in [0.1, 0.15) is 12.8 Å². The molecule has 0 aromatic heterocycles. The smallest absolute Gasteiger partial charge is 0.260 e. The van der Waals surface area contributed by atoms with Gasteiger partial charge in [-0.25, -0.2) is 4.39 Å². The van der Waals surface area contributed by atoms with Crippen LogP contribution in [-0.2, 0) is 9.53 Å². The van der Waals surface area contributed by atoms with Crippen LogP contribution in [0.2, 0.25) is 0 Å². The van der Waals surface area contributed by atoms with E-state index in [1.807, 2.05) is 4.90 Å². The van der Waals surface area contributed by atoms with Gasteiger partial charge in [0.05, 0.1) is 13.2 Å². The third kappa shape index (κ3) is 5.65. The van der Waals surface area contributed by atoms with E-state index >= 15 is 0 Å². The number of ether oxygens (including phenoxy) is 2. The molecule has 0 saturated carbocycles. The van der Waals surface area contributed by atoms with Gasteiger partial charge in [-0.3, -0.25) is 9.69 Å². The Balaban J connectivity index is 1.55. The molecule has 2 heterocycles. The van der Waals surface area contributed by atoms with Crippen LogP contribution in [0.15, 0.2) is 24.3 Å². The molecule has 1 aromatic carbocycles. The first-order chi connectivity index (χ1) is 12.7. The van der Waals surface area contributed by atoms with Crippen molar-refractivity contribution in [2.45, 2.75) is 18.9 Å². The molecular formula is C19H28FN3O3. The molecule has 0 aliphatic carbocycles. The van der Waals surface area contributed by atoms with Crippen molar-refractivity contribution in [2.24, 2.45) is 0 Å². The molecule has 2 aliphatic rings. The summed E-state index contributed by atoms with van der Waals surface area (Å²) in [7, 11) is 0. The molecule has 1 amide bonds. The maximum atomic E-state index is 13.0. The van der Waals surface area contributed by atoms with Crippen LogP contribution >= 0.6 is 0 Å². The Morgan fingerprint density at radius 1 is 1.31 bits per heavy atom. The van der Waals surface area contributed by atoms with Crippen LogP contribution in [0, 0.1) is 5.82 Å². The van der Waals surface area contributed by atoms with E-state index in [-0.39, 0.29) is 24.4 Å². The molecule has 1 unspecified atom stereocenters. The molecule has 7 heteroatoms. The third-order valence-electron chi connectivity index (χ3n) is 4.97. The Bertz CT molecular complexity index is 558. The lowest BCUT2D eigenvalue weighted by Gasteiger charge is -2.36. The lowest BCUT2D eigenvalue weighted by Crippen LogP contribution is -2.52. The van der Waals surface area contributed by atoms with Gasteiger partial charge in [0.2, 0.25) is 0 Å². The van der Waals surface area contributed by atoms with Gasteiger partial charge in [0.15, 0.2) is 6.61 Å². The van der Waals surface area contributed by atoms with Crippen LogP contribution in [0.5, 0.6) is 5.75 Å². The highest BCUT2D eigenvalue weighted by molar-refractivity contribution is 5.78. The number of nitrogens with zero attached hydrogens (tertiary/aromatic N) is 2. The number of hydrogen-bond acceptors (Lipinski definition) is 5. The van der Waals surface area contributed by atoms with E-state index in [9.17, 15) is 9.18 Å². The average Bonchev–Trinajstić information content (AvgIpc) is 2.69. The summed E-state index contributed by atoms with van der Waals surface area (Å²) in [6.07, 6.45) is 2.09. The Kier molecular flexibility index (Phi) is 7.22. The van der Waals surface area contributed by atoms with E-state index in [1.54, 1.807) is 12.1 Å². The van der Waals surface area contributed by atoms with E-state index < -0.39 is 0 Å². The Morgan fingerprint density at radius 2 is 2.08 bits per heavy atom. The van der Waals surface area contributed by atoms with Gasteiger partial charge in [0.25, 0.3) is 5.91 Å². The largest absolute Gasteiger partial charge is 0.484 e. The number of rotatable bonds is 7. The van der Waals surface area contributed by atoms with Crippen molar-refractivity contribution < 1.29 is 18.7 Å². The van der Waals surface area contributed by atoms with Crippen LogP contribution in [0.3, 0.4) is 0 Å². The zero-order chi connectivity index (χ0) is 18.2. The molecule has 26 heavy (non-hydrogen) atoms. The lowest BCUT2D eigenvalue weighted by atomic mass is 10.1. The molecule has 2 fully saturated rings. The van der Waals surface area contributed by atoms with E-state index in [4.69, 9.17) is 9.47 Å². The van der Waals surface area contributed by atoms with Gasteiger partial charge in [-0.1, -0.05) is 0 Å². The van der Waals surface area contributed by atoms with Crippen LogP contribution < -0.4 is 10.1 Å². The second-order valence-electron chi connectivity index (χ2n) is 6.78. The van der Waals surface area contributed by atoms with Crippen molar-refractivity contribution >= 4 is 5.91 Å². The van der Waals surface area contributed by atoms with Gasteiger partial charge in [0.1, 0.15) is 11.6 Å². The van der Waals surface area contributed by atoms with Crippen molar-refractivity contribution in [3.63, 3.8) is 0 Å². The van der Waals surface area contributed by atoms with Crippen molar-refractivity contribution in [2.75, 3.05) is 59.1 Å². The maximum Gasteiger partial charge on any atom is 0.260 e. The zero-order valence-corrected chi connectivity index (χ0v) is 15.2. The highest BCUT2D eigenvalue weighted by atomic mass is 19.1. The third-order valence-corrected chi connectivity index (χ3v) is 4.97. The molecule has 2 aliphatic heterocycles. The second kappa shape index (κ2) is 9.85. The summed E-state index contributed by atoms with van der Waals surface area (Å²) >= 11 is 0. The Hall–Kier alpha value is -1.70. The molecular weight excluding hydrogens is 337 g/mol. The summed E-state index contributed by atoms with van der Waals surface area (Å²) in [5.74, 6) is 0.176. The minimum atomic E-state index is -0.316. The number of benzene rings is 1. The first-order valence-corrected chi connectivity index (χ1v) is 9.41. The summed E-state index contributed by atoms with van der Waals surface area (Å²) in [6.45, 7) is 6.69.